The van der Waals surface area contributed by atoms with Crippen molar-refractivity contribution in [2.45, 2.75) is 38.5 Å². The molecule has 0 aromatic rings. The van der Waals surface area contributed by atoms with Crippen molar-refractivity contribution in [1.82, 2.24) is 0 Å². The highest BCUT2D eigenvalue weighted by Crippen LogP contribution is 2.31. The lowest BCUT2D eigenvalue weighted by atomic mass is 9.80. The van der Waals surface area contributed by atoms with E-state index in [1.54, 1.807) is 0 Å². The number of alkyl halides is 1. The fourth-order valence-corrected chi connectivity index (χ4v) is 2.52. The van der Waals surface area contributed by atoms with Crippen molar-refractivity contribution < 1.29 is 0 Å². The Morgan fingerprint density at radius 3 is 2.42 bits per heavy atom. The van der Waals surface area contributed by atoms with Crippen LogP contribution >= 0.6 is 22.6 Å². The van der Waals surface area contributed by atoms with Gasteiger partial charge in [0.2, 0.25) is 0 Å². The highest BCUT2D eigenvalue weighted by atomic mass is 127. The normalized spacial score (nSPS) is 30.1. The van der Waals surface area contributed by atoms with Crippen LogP contribution in [0.25, 0.3) is 0 Å². The summed E-state index contributed by atoms with van der Waals surface area (Å²) in [6.45, 7) is 3.87. The molecule has 0 bridgehead atoms. The van der Waals surface area contributed by atoms with Crippen LogP contribution < -0.4 is 0 Å². The molecule has 0 amide bonds. The molecule has 0 spiro atoms. The van der Waals surface area contributed by atoms with Crippen LogP contribution in [-0.4, -0.2) is 4.43 Å². The number of allylic oxidation sites excluding steroid dienone is 1. The lowest BCUT2D eigenvalue weighted by Gasteiger charge is -2.26. The van der Waals surface area contributed by atoms with Gasteiger partial charge in [-0.15, -0.1) is 6.58 Å². The molecule has 0 aromatic carbocycles. The zero-order chi connectivity index (χ0) is 8.81. The van der Waals surface area contributed by atoms with Gasteiger partial charge in [-0.25, -0.2) is 0 Å². The van der Waals surface area contributed by atoms with Crippen LogP contribution in [0.2, 0.25) is 0 Å². The summed E-state index contributed by atoms with van der Waals surface area (Å²) in [5, 5.41) is 0. The van der Waals surface area contributed by atoms with E-state index >= 15 is 0 Å². The SMILES string of the molecule is C=CC1CCC(CCCI)CC1. The van der Waals surface area contributed by atoms with E-state index in [2.05, 4.69) is 35.2 Å². The van der Waals surface area contributed by atoms with Crippen LogP contribution in [0.5, 0.6) is 0 Å². The minimum Gasteiger partial charge on any atom is -0.103 e. The molecule has 0 radical (unpaired) electrons. The van der Waals surface area contributed by atoms with Crippen LogP contribution in [0.1, 0.15) is 38.5 Å². The van der Waals surface area contributed by atoms with E-state index in [1.165, 1.54) is 43.0 Å². The van der Waals surface area contributed by atoms with E-state index < -0.39 is 0 Å². The molecule has 0 aromatic heterocycles. The van der Waals surface area contributed by atoms with Gasteiger partial charge in [0.15, 0.2) is 0 Å². The molecule has 1 heteroatoms. The largest absolute Gasteiger partial charge is 0.103 e. The third-order valence-corrected chi connectivity index (χ3v) is 3.73. The topological polar surface area (TPSA) is 0 Å². The molecule has 1 fully saturated rings. The molecule has 0 heterocycles. The Bertz CT molecular complexity index is 123. The van der Waals surface area contributed by atoms with E-state index in [0.717, 1.165) is 11.8 Å². The summed E-state index contributed by atoms with van der Waals surface area (Å²) in [5.41, 5.74) is 0. The van der Waals surface area contributed by atoms with Crippen LogP contribution in [-0.2, 0) is 0 Å². The first kappa shape index (κ1) is 10.6. The minimum atomic E-state index is 0.834. The van der Waals surface area contributed by atoms with Crippen LogP contribution in [0.15, 0.2) is 12.7 Å². The second kappa shape index (κ2) is 6.01. The van der Waals surface area contributed by atoms with Gasteiger partial charge < -0.3 is 0 Å². The Hall–Kier alpha value is 0.470. The van der Waals surface area contributed by atoms with Crippen molar-refractivity contribution in [3.63, 3.8) is 0 Å². The van der Waals surface area contributed by atoms with Gasteiger partial charge in [-0.3, -0.25) is 0 Å². The first-order chi connectivity index (χ1) is 5.86. The second-order valence-electron chi connectivity index (χ2n) is 3.85. The smallest absolute Gasteiger partial charge is 0.000463 e. The molecule has 12 heavy (non-hydrogen) atoms. The molecule has 1 rings (SSSR count). The van der Waals surface area contributed by atoms with Gasteiger partial charge in [-0.05, 0) is 54.8 Å². The Balaban J connectivity index is 2.12. The monoisotopic (exact) mass is 278 g/mol. The summed E-state index contributed by atoms with van der Waals surface area (Å²) < 4.78 is 1.33. The number of hydrogen-bond donors (Lipinski definition) is 0. The molecule has 0 unspecified atom stereocenters. The van der Waals surface area contributed by atoms with Crippen molar-refractivity contribution in [2.75, 3.05) is 4.43 Å². The first-order valence-electron chi connectivity index (χ1n) is 5.05. The van der Waals surface area contributed by atoms with Gasteiger partial charge in [0.1, 0.15) is 0 Å². The zero-order valence-electron chi connectivity index (χ0n) is 7.77. The number of rotatable bonds is 4. The summed E-state index contributed by atoms with van der Waals surface area (Å²) in [6, 6.07) is 0. The summed E-state index contributed by atoms with van der Waals surface area (Å²) in [6.07, 6.45) is 10.7. The van der Waals surface area contributed by atoms with Crippen molar-refractivity contribution in [3.8, 4) is 0 Å². The van der Waals surface area contributed by atoms with Crippen molar-refractivity contribution in [1.29, 1.82) is 0 Å². The zero-order valence-corrected chi connectivity index (χ0v) is 9.92. The van der Waals surface area contributed by atoms with Crippen LogP contribution in [0, 0.1) is 11.8 Å². The molecule has 0 saturated heterocycles. The molecular weight excluding hydrogens is 259 g/mol. The summed E-state index contributed by atoms with van der Waals surface area (Å²) in [5.74, 6) is 1.87. The van der Waals surface area contributed by atoms with Gasteiger partial charge in [0.05, 0.1) is 0 Å². The molecular formula is C11H19I. The quantitative estimate of drug-likeness (QED) is 0.411. The summed E-state index contributed by atoms with van der Waals surface area (Å²) in [7, 11) is 0. The molecule has 0 nitrogen and oxygen atoms in total. The molecule has 1 saturated carbocycles. The van der Waals surface area contributed by atoms with E-state index in [4.69, 9.17) is 0 Å². The van der Waals surface area contributed by atoms with Crippen molar-refractivity contribution in [2.24, 2.45) is 11.8 Å². The Morgan fingerprint density at radius 2 is 1.92 bits per heavy atom. The second-order valence-corrected chi connectivity index (χ2v) is 4.93. The first-order valence-corrected chi connectivity index (χ1v) is 6.58. The summed E-state index contributed by atoms with van der Waals surface area (Å²) in [4.78, 5) is 0. The van der Waals surface area contributed by atoms with E-state index in [9.17, 15) is 0 Å². The van der Waals surface area contributed by atoms with Gasteiger partial charge in [-0.1, -0.05) is 28.7 Å². The molecule has 0 aliphatic heterocycles. The van der Waals surface area contributed by atoms with Crippen LogP contribution in [0.4, 0.5) is 0 Å². The third-order valence-electron chi connectivity index (χ3n) is 2.97. The maximum Gasteiger partial charge on any atom is -0.000463 e. The molecule has 0 atom stereocenters. The molecule has 70 valence electrons. The van der Waals surface area contributed by atoms with E-state index in [0.29, 0.717) is 0 Å². The molecule has 1 aliphatic rings. The van der Waals surface area contributed by atoms with E-state index in [1.807, 2.05) is 0 Å². The lowest BCUT2D eigenvalue weighted by molar-refractivity contribution is 0.295. The summed E-state index contributed by atoms with van der Waals surface area (Å²) >= 11 is 2.48. The maximum atomic E-state index is 3.87. The third kappa shape index (κ3) is 3.46. The Labute approximate surface area is 90.0 Å². The van der Waals surface area contributed by atoms with Gasteiger partial charge in [0.25, 0.3) is 0 Å². The standard InChI is InChI=1S/C11H19I/c1-2-10-5-7-11(8-6-10)4-3-9-12/h2,10-11H,1,3-9H2. The van der Waals surface area contributed by atoms with Gasteiger partial charge in [-0.2, -0.15) is 0 Å². The van der Waals surface area contributed by atoms with Gasteiger partial charge in [0, 0.05) is 0 Å². The Kier molecular flexibility index (Phi) is 5.28. The highest BCUT2D eigenvalue weighted by Gasteiger charge is 2.18. The van der Waals surface area contributed by atoms with Gasteiger partial charge >= 0.3 is 0 Å². The van der Waals surface area contributed by atoms with Crippen molar-refractivity contribution >= 4 is 22.6 Å². The molecule has 0 N–H and O–H groups in total. The highest BCUT2D eigenvalue weighted by molar-refractivity contribution is 14.1. The average Bonchev–Trinajstić information content (AvgIpc) is 2.15. The maximum absolute atomic E-state index is 3.87. The number of halogens is 1. The molecule has 1 aliphatic carbocycles. The Morgan fingerprint density at radius 1 is 1.25 bits per heavy atom. The average molecular weight is 278 g/mol. The fraction of sp³-hybridized carbons (Fsp3) is 0.818. The van der Waals surface area contributed by atoms with Crippen molar-refractivity contribution in [3.05, 3.63) is 12.7 Å². The van der Waals surface area contributed by atoms with E-state index in [-0.39, 0.29) is 0 Å². The number of hydrogen-bond acceptors (Lipinski definition) is 0. The minimum absolute atomic E-state index is 0.834. The fourth-order valence-electron chi connectivity index (χ4n) is 2.08. The predicted octanol–water partition coefficient (Wildman–Crippen LogP) is 4.19. The predicted molar refractivity (Wildman–Crippen MR) is 63.8 cm³/mol. The lowest BCUT2D eigenvalue weighted by Crippen LogP contribution is -2.12. The van der Waals surface area contributed by atoms with Crippen LogP contribution in [0.3, 0.4) is 0 Å².